The number of amides is 1. The molecule has 0 aliphatic carbocycles. The maximum absolute atomic E-state index is 12.4. The first-order chi connectivity index (χ1) is 13.9. The van der Waals surface area contributed by atoms with Gasteiger partial charge < -0.3 is 29.9 Å². The Morgan fingerprint density at radius 2 is 1.59 bits per heavy atom. The average molecular weight is 404 g/mol. The molecule has 29 heavy (non-hydrogen) atoms. The summed E-state index contributed by atoms with van der Waals surface area (Å²) in [6, 6.07) is 8.67. The van der Waals surface area contributed by atoms with Gasteiger partial charge in [-0.2, -0.15) is 0 Å². The van der Waals surface area contributed by atoms with Gasteiger partial charge in [0.25, 0.3) is 0 Å². The molecule has 2 aliphatic heterocycles. The van der Waals surface area contributed by atoms with Gasteiger partial charge in [-0.25, -0.2) is 0 Å². The van der Waals surface area contributed by atoms with E-state index in [1.54, 1.807) is 0 Å². The number of aliphatic carboxylic acids is 1. The number of piperidine rings is 1. The molecule has 1 N–H and O–H groups in total. The van der Waals surface area contributed by atoms with Crippen LogP contribution in [0.1, 0.15) is 32.3 Å². The number of piperazine rings is 1. The van der Waals surface area contributed by atoms with Crippen molar-refractivity contribution in [1.29, 1.82) is 0 Å². The topological polar surface area (TPSA) is 78.9 Å². The fraction of sp³-hybridized carbons (Fsp3) is 0.636. The highest BCUT2D eigenvalue weighted by Gasteiger charge is 2.23. The van der Waals surface area contributed by atoms with Gasteiger partial charge in [-0.3, -0.25) is 4.79 Å². The number of carboxylic acids is 1. The summed E-state index contributed by atoms with van der Waals surface area (Å²) < 4.78 is 0. The van der Waals surface area contributed by atoms with E-state index < -0.39 is 5.97 Å². The molecule has 0 bridgehead atoms. The third-order valence-corrected chi connectivity index (χ3v) is 5.68. The summed E-state index contributed by atoms with van der Waals surface area (Å²) in [6.07, 6.45) is 1.98. The summed E-state index contributed by atoms with van der Waals surface area (Å²) in [7, 11) is 2.18. The lowest BCUT2D eigenvalue weighted by molar-refractivity contribution is -0.302. The molecule has 0 spiro atoms. The number of carbonyl (C=O) groups is 2. The van der Waals surface area contributed by atoms with Crippen molar-refractivity contribution in [3.63, 3.8) is 0 Å². The quantitative estimate of drug-likeness (QED) is 0.773. The second-order valence-corrected chi connectivity index (χ2v) is 7.87. The zero-order chi connectivity index (χ0) is 21.2. The maximum atomic E-state index is 12.4. The highest BCUT2D eigenvalue weighted by atomic mass is 16.4. The van der Waals surface area contributed by atoms with Crippen molar-refractivity contribution in [2.75, 3.05) is 57.8 Å². The van der Waals surface area contributed by atoms with Gasteiger partial charge in [0.1, 0.15) is 0 Å². The normalized spacial score (nSPS) is 18.7. The fourth-order valence-corrected chi connectivity index (χ4v) is 3.73. The molecule has 2 aliphatic rings. The molecular weight excluding hydrogens is 368 g/mol. The number of carboxylic acid groups (broad SMARTS) is 1. The molecule has 0 aromatic heterocycles. The van der Waals surface area contributed by atoms with Crippen molar-refractivity contribution >= 4 is 17.6 Å². The lowest BCUT2D eigenvalue weighted by atomic mass is 9.96. The Labute approximate surface area is 174 Å². The standard InChI is InChI=1S/C20H32N4O.C2H4O2/c1-3-23-10-8-18(9-11-23)20(25)21-16-17-4-6-19(7-5-17)24-14-12-22(2)13-15-24;1-2(3)4/h4-7,18H,3,8-16H2,1-2H3,(H,21,25);1H3,(H,3,4)/p-1. The number of carbonyl (C=O) groups excluding carboxylic acids is 2. The van der Waals surface area contributed by atoms with Crippen LogP contribution in [0, 0.1) is 5.92 Å². The zero-order valence-electron chi connectivity index (χ0n) is 18.0. The van der Waals surface area contributed by atoms with Crippen LogP contribution in [0.5, 0.6) is 0 Å². The average Bonchev–Trinajstić information content (AvgIpc) is 2.73. The number of rotatable bonds is 5. The van der Waals surface area contributed by atoms with E-state index >= 15 is 0 Å². The largest absolute Gasteiger partial charge is 0.550 e. The number of hydrogen-bond acceptors (Lipinski definition) is 6. The van der Waals surface area contributed by atoms with E-state index in [1.165, 1.54) is 11.3 Å². The number of likely N-dealkylation sites (tertiary alicyclic amines) is 1. The highest BCUT2D eigenvalue weighted by molar-refractivity contribution is 5.78. The minimum Gasteiger partial charge on any atom is -0.550 e. The third-order valence-electron chi connectivity index (χ3n) is 5.68. The predicted octanol–water partition coefficient (Wildman–Crippen LogP) is 0.543. The summed E-state index contributed by atoms with van der Waals surface area (Å²) in [4.78, 5) is 28.5. The van der Waals surface area contributed by atoms with Gasteiger partial charge in [0.15, 0.2) is 0 Å². The Morgan fingerprint density at radius 1 is 1.03 bits per heavy atom. The Morgan fingerprint density at radius 3 is 2.10 bits per heavy atom. The molecule has 1 aromatic carbocycles. The molecule has 7 nitrogen and oxygen atoms in total. The summed E-state index contributed by atoms with van der Waals surface area (Å²) in [5, 5.41) is 12.0. The first kappa shape index (κ1) is 23.2. The number of nitrogens with zero attached hydrogens (tertiary/aromatic N) is 3. The molecule has 162 valence electrons. The Hall–Kier alpha value is -2.12. The first-order valence-corrected chi connectivity index (χ1v) is 10.6. The van der Waals surface area contributed by atoms with Gasteiger partial charge >= 0.3 is 0 Å². The minimum atomic E-state index is -1.08. The van der Waals surface area contributed by atoms with E-state index in [0.29, 0.717) is 6.54 Å². The van der Waals surface area contributed by atoms with Crippen LogP contribution >= 0.6 is 0 Å². The molecular formula is C22H35N4O3-. The molecule has 1 amide bonds. The minimum absolute atomic E-state index is 0.187. The van der Waals surface area contributed by atoms with Crippen molar-refractivity contribution in [2.24, 2.45) is 5.92 Å². The number of nitrogens with one attached hydrogen (secondary N) is 1. The van der Waals surface area contributed by atoms with Gasteiger partial charge in [-0.05, 0) is 64.1 Å². The van der Waals surface area contributed by atoms with E-state index in [9.17, 15) is 4.79 Å². The van der Waals surface area contributed by atoms with Gasteiger partial charge in [0.05, 0.1) is 0 Å². The lowest BCUT2D eigenvalue weighted by Crippen LogP contribution is -2.44. The van der Waals surface area contributed by atoms with Gasteiger partial charge in [-0.1, -0.05) is 19.1 Å². The van der Waals surface area contributed by atoms with Gasteiger partial charge in [-0.15, -0.1) is 0 Å². The number of anilines is 1. The van der Waals surface area contributed by atoms with Crippen LogP contribution in [0.4, 0.5) is 5.69 Å². The van der Waals surface area contributed by atoms with Crippen LogP contribution < -0.4 is 15.3 Å². The van der Waals surface area contributed by atoms with E-state index in [0.717, 1.165) is 65.6 Å². The molecule has 2 fully saturated rings. The SMILES string of the molecule is CC(=O)[O-].CCN1CCC(C(=O)NCc2ccc(N3CCN(C)CC3)cc2)CC1. The molecule has 2 saturated heterocycles. The zero-order valence-corrected chi connectivity index (χ0v) is 18.0. The second kappa shape index (κ2) is 11.8. The number of benzene rings is 1. The number of likely N-dealkylation sites (N-methyl/N-ethyl adjacent to an activating group) is 1. The van der Waals surface area contributed by atoms with Crippen LogP contribution in [-0.2, 0) is 16.1 Å². The van der Waals surface area contributed by atoms with Crippen molar-refractivity contribution < 1.29 is 14.7 Å². The lowest BCUT2D eigenvalue weighted by Gasteiger charge is -2.34. The van der Waals surface area contributed by atoms with E-state index in [-0.39, 0.29) is 11.8 Å². The van der Waals surface area contributed by atoms with Crippen LogP contribution in [0.3, 0.4) is 0 Å². The van der Waals surface area contributed by atoms with Gasteiger partial charge in [0, 0.05) is 50.3 Å². The van der Waals surface area contributed by atoms with Crippen LogP contribution in [0.2, 0.25) is 0 Å². The Balaban J connectivity index is 0.000000687. The van der Waals surface area contributed by atoms with Crippen LogP contribution in [0.15, 0.2) is 24.3 Å². The smallest absolute Gasteiger partial charge is 0.223 e. The number of hydrogen-bond donors (Lipinski definition) is 1. The van der Waals surface area contributed by atoms with E-state index in [1.807, 2.05) is 0 Å². The Bertz CT molecular complexity index is 630. The molecule has 0 unspecified atom stereocenters. The van der Waals surface area contributed by atoms with Crippen molar-refractivity contribution in [3.05, 3.63) is 29.8 Å². The Kier molecular flexibility index (Phi) is 9.41. The monoisotopic (exact) mass is 403 g/mol. The molecule has 3 rings (SSSR count). The summed E-state index contributed by atoms with van der Waals surface area (Å²) in [6.45, 7) is 11.4. The van der Waals surface area contributed by atoms with Crippen molar-refractivity contribution in [1.82, 2.24) is 15.1 Å². The molecule has 7 heteroatoms. The molecule has 1 aromatic rings. The van der Waals surface area contributed by atoms with Gasteiger partial charge in [0.2, 0.25) is 5.91 Å². The summed E-state index contributed by atoms with van der Waals surface area (Å²) in [5.74, 6) is -0.675. The van der Waals surface area contributed by atoms with E-state index in [4.69, 9.17) is 9.90 Å². The van der Waals surface area contributed by atoms with Crippen molar-refractivity contribution in [2.45, 2.75) is 33.2 Å². The van der Waals surface area contributed by atoms with Crippen LogP contribution in [-0.4, -0.2) is 74.5 Å². The third kappa shape index (κ3) is 8.03. The molecule has 0 atom stereocenters. The maximum Gasteiger partial charge on any atom is 0.223 e. The molecule has 0 saturated carbocycles. The van der Waals surface area contributed by atoms with Crippen molar-refractivity contribution in [3.8, 4) is 0 Å². The molecule has 2 heterocycles. The van der Waals surface area contributed by atoms with E-state index in [2.05, 4.69) is 58.3 Å². The molecule has 0 radical (unpaired) electrons. The first-order valence-electron chi connectivity index (χ1n) is 10.6. The highest BCUT2D eigenvalue weighted by Crippen LogP contribution is 2.19. The van der Waals surface area contributed by atoms with Crippen LogP contribution in [0.25, 0.3) is 0 Å². The predicted molar refractivity (Wildman–Crippen MR) is 114 cm³/mol. The summed E-state index contributed by atoms with van der Waals surface area (Å²) >= 11 is 0. The second-order valence-electron chi connectivity index (χ2n) is 7.87. The fourth-order valence-electron chi connectivity index (χ4n) is 3.73. The summed E-state index contributed by atoms with van der Waals surface area (Å²) in [5.41, 5.74) is 2.47.